The van der Waals surface area contributed by atoms with Crippen LogP contribution in [0.5, 0.6) is 0 Å². The summed E-state index contributed by atoms with van der Waals surface area (Å²) in [6, 6.07) is 14.1. The lowest BCUT2D eigenvalue weighted by Gasteiger charge is -2.33. The van der Waals surface area contributed by atoms with Crippen molar-refractivity contribution in [2.75, 3.05) is 0 Å². The van der Waals surface area contributed by atoms with E-state index in [4.69, 9.17) is 0 Å². The Hall–Kier alpha value is -3.12. The summed E-state index contributed by atoms with van der Waals surface area (Å²) in [5.74, 6) is 0.917. The third-order valence-electron chi connectivity index (χ3n) is 10.2. The molecule has 0 aromatic heterocycles. The van der Waals surface area contributed by atoms with Gasteiger partial charge in [-0.2, -0.15) is 0 Å². The number of allylic oxidation sites excluding steroid dienone is 14. The van der Waals surface area contributed by atoms with E-state index in [9.17, 15) is 0 Å². The Morgan fingerprint density at radius 3 is 2.00 bits per heavy atom. The second-order valence-corrected chi connectivity index (χ2v) is 12.3. The van der Waals surface area contributed by atoms with E-state index < -0.39 is 0 Å². The van der Waals surface area contributed by atoms with Crippen LogP contribution in [-0.4, -0.2) is 0 Å². The molecule has 6 aliphatic carbocycles. The average Bonchev–Trinajstić information content (AvgIpc) is 3.46. The molecule has 2 aromatic rings. The van der Waals surface area contributed by atoms with Gasteiger partial charge in [-0.25, -0.2) is 0 Å². The van der Waals surface area contributed by atoms with Gasteiger partial charge in [0, 0.05) is 11.8 Å². The fourth-order valence-corrected chi connectivity index (χ4v) is 8.60. The average molecular weight is 495 g/mol. The first-order chi connectivity index (χ1) is 18.9. The van der Waals surface area contributed by atoms with Gasteiger partial charge < -0.3 is 0 Å². The summed E-state index contributed by atoms with van der Waals surface area (Å²) in [5, 5.41) is 2.91. The minimum Gasteiger partial charge on any atom is -0.0619 e. The Balaban J connectivity index is 1.40. The summed E-state index contributed by atoms with van der Waals surface area (Å²) < 4.78 is 0. The van der Waals surface area contributed by atoms with Gasteiger partial charge in [-0.05, 0) is 86.6 Å². The summed E-state index contributed by atoms with van der Waals surface area (Å²) >= 11 is 0. The normalized spacial score (nSPS) is 26.5. The highest BCUT2D eigenvalue weighted by Crippen LogP contribution is 2.63. The monoisotopic (exact) mass is 494 g/mol. The van der Waals surface area contributed by atoms with E-state index in [1.165, 1.54) is 105 Å². The van der Waals surface area contributed by atoms with Crippen LogP contribution >= 0.6 is 0 Å². The van der Waals surface area contributed by atoms with E-state index >= 15 is 0 Å². The van der Waals surface area contributed by atoms with Crippen molar-refractivity contribution in [1.29, 1.82) is 0 Å². The van der Waals surface area contributed by atoms with Gasteiger partial charge in [0.05, 0.1) is 0 Å². The molecule has 190 valence electrons. The predicted octanol–water partition coefficient (Wildman–Crippen LogP) is 10.6. The van der Waals surface area contributed by atoms with Crippen LogP contribution in [0.2, 0.25) is 0 Å². The molecule has 6 aliphatic rings. The summed E-state index contributed by atoms with van der Waals surface area (Å²) in [6.45, 7) is 0. The van der Waals surface area contributed by atoms with E-state index in [0.29, 0.717) is 11.8 Å². The molecular formula is C38H38. The van der Waals surface area contributed by atoms with Crippen molar-refractivity contribution < 1.29 is 0 Å². The molecule has 0 nitrogen and oxygen atoms in total. The maximum Gasteiger partial charge on any atom is 0.0314 e. The van der Waals surface area contributed by atoms with Crippen LogP contribution in [0.4, 0.5) is 0 Å². The molecule has 2 aromatic carbocycles. The fourth-order valence-electron chi connectivity index (χ4n) is 8.60. The first-order valence-corrected chi connectivity index (χ1v) is 15.4. The maximum atomic E-state index is 2.49. The smallest absolute Gasteiger partial charge is 0.0314 e. The van der Waals surface area contributed by atoms with Crippen molar-refractivity contribution in [1.82, 2.24) is 0 Å². The lowest BCUT2D eigenvalue weighted by Crippen LogP contribution is -2.18. The molecule has 0 radical (unpaired) electrons. The van der Waals surface area contributed by atoms with Crippen LogP contribution in [-0.2, 0) is 0 Å². The molecule has 0 heteroatoms. The van der Waals surface area contributed by atoms with Gasteiger partial charge in [0.15, 0.2) is 0 Å². The zero-order valence-electron chi connectivity index (χ0n) is 22.6. The summed E-state index contributed by atoms with van der Waals surface area (Å²) in [4.78, 5) is 0. The topological polar surface area (TPSA) is 0 Å². The van der Waals surface area contributed by atoms with Crippen LogP contribution in [0, 0.1) is 11.8 Å². The minimum absolute atomic E-state index is 0.456. The summed E-state index contributed by atoms with van der Waals surface area (Å²) in [7, 11) is 0. The van der Waals surface area contributed by atoms with E-state index in [1.807, 2.05) is 0 Å². The van der Waals surface area contributed by atoms with Gasteiger partial charge in [-0.1, -0.05) is 130 Å². The summed E-state index contributed by atoms with van der Waals surface area (Å²) in [5.41, 5.74) is 16.1. The van der Waals surface area contributed by atoms with Crippen molar-refractivity contribution in [3.05, 3.63) is 117 Å². The Kier molecular flexibility index (Phi) is 5.56. The first kappa shape index (κ1) is 22.8. The van der Waals surface area contributed by atoms with Crippen molar-refractivity contribution in [2.45, 2.75) is 77.0 Å². The van der Waals surface area contributed by atoms with E-state index in [1.54, 1.807) is 39.0 Å². The lowest BCUT2D eigenvalue weighted by molar-refractivity contribution is 0.544. The molecule has 0 spiro atoms. The standard InChI is InChI=1S/C38H38/c1-2-4-6-8-10-20-32-37-29-23-13-17-25-15-11-21-27(33(25)29)35(37)31(19-9-7-5-3-1)36-28-22-12-16-26-18-14-24-30(34(26)28)38(32)36/h11-18,21-24,33,35H,1-10,19-20H2. The van der Waals surface area contributed by atoms with Gasteiger partial charge in [-0.3, -0.25) is 0 Å². The third-order valence-corrected chi connectivity index (χ3v) is 10.2. The van der Waals surface area contributed by atoms with E-state index in [0.717, 1.165) is 0 Å². The van der Waals surface area contributed by atoms with Crippen LogP contribution < -0.4 is 0 Å². The van der Waals surface area contributed by atoms with Gasteiger partial charge >= 0.3 is 0 Å². The van der Waals surface area contributed by atoms with Crippen molar-refractivity contribution in [3.8, 4) is 0 Å². The van der Waals surface area contributed by atoms with Crippen LogP contribution in [0.3, 0.4) is 0 Å². The van der Waals surface area contributed by atoms with Crippen molar-refractivity contribution in [2.24, 2.45) is 11.8 Å². The summed E-state index contributed by atoms with van der Waals surface area (Å²) in [6.07, 6.45) is 30.6. The van der Waals surface area contributed by atoms with Gasteiger partial charge in [0.2, 0.25) is 0 Å². The highest BCUT2D eigenvalue weighted by Gasteiger charge is 2.47. The molecular weight excluding hydrogens is 456 g/mol. The second kappa shape index (κ2) is 9.26. The van der Waals surface area contributed by atoms with E-state index in [2.05, 4.69) is 72.9 Å². The lowest BCUT2D eigenvalue weighted by atomic mass is 9.70. The highest BCUT2D eigenvalue weighted by molar-refractivity contribution is 6.25. The third kappa shape index (κ3) is 3.35. The molecule has 38 heavy (non-hydrogen) atoms. The number of benzene rings is 2. The molecule has 0 aliphatic heterocycles. The Morgan fingerprint density at radius 2 is 1.24 bits per heavy atom. The van der Waals surface area contributed by atoms with Crippen LogP contribution in [0.1, 0.15) is 88.2 Å². The molecule has 0 saturated carbocycles. The fraction of sp³-hybridized carbons (Fsp3) is 0.368. The van der Waals surface area contributed by atoms with Gasteiger partial charge in [0.25, 0.3) is 0 Å². The molecule has 2 atom stereocenters. The maximum absolute atomic E-state index is 2.49. The Bertz CT molecular complexity index is 1550. The number of hydrogen-bond donors (Lipinski definition) is 0. The minimum atomic E-state index is 0.456. The Morgan fingerprint density at radius 1 is 0.579 bits per heavy atom. The second-order valence-electron chi connectivity index (χ2n) is 12.3. The van der Waals surface area contributed by atoms with Crippen LogP contribution in [0.25, 0.3) is 21.9 Å². The molecule has 2 unspecified atom stereocenters. The zero-order valence-corrected chi connectivity index (χ0v) is 22.6. The first-order valence-electron chi connectivity index (χ1n) is 15.4. The number of rotatable bonds is 0. The van der Waals surface area contributed by atoms with Gasteiger partial charge in [0.1, 0.15) is 0 Å². The molecule has 0 heterocycles. The molecule has 8 rings (SSSR count). The van der Waals surface area contributed by atoms with Crippen molar-refractivity contribution >= 4 is 21.9 Å². The molecule has 2 bridgehead atoms. The zero-order chi connectivity index (χ0) is 25.1. The van der Waals surface area contributed by atoms with Crippen molar-refractivity contribution in [3.63, 3.8) is 0 Å². The molecule has 0 fully saturated rings. The molecule has 0 saturated heterocycles. The molecule has 0 amide bonds. The van der Waals surface area contributed by atoms with E-state index in [-0.39, 0.29) is 0 Å². The van der Waals surface area contributed by atoms with Crippen LogP contribution in [0.15, 0.2) is 106 Å². The number of fused-ring (bicyclic) bond motifs is 4. The number of hydrogen-bond acceptors (Lipinski definition) is 0. The molecule has 0 N–H and O–H groups in total. The largest absolute Gasteiger partial charge is 0.0619 e. The Labute approximate surface area is 227 Å². The SMILES string of the molecule is C1=CC2=CC=CC3=C4C5=C6C(=C(CCCCCCCCCCCC5)C4C(=C1)C23)c1cccc2cccc6c12. The predicted molar refractivity (Wildman–Crippen MR) is 162 cm³/mol. The van der Waals surface area contributed by atoms with Gasteiger partial charge in [-0.15, -0.1) is 0 Å². The quantitative estimate of drug-likeness (QED) is 0.342. The highest BCUT2D eigenvalue weighted by atomic mass is 14.5.